The van der Waals surface area contributed by atoms with Gasteiger partial charge < -0.3 is 20.1 Å². The van der Waals surface area contributed by atoms with Crippen LogP contribution >= 0.6 is 12.4 Å². The van der Waals surface area contributed by atoms with Crippen LogP contribution in [0.15, 0.2) is 30.6 Å². The summed E-state index contributed by atoms with van der Waals surface area (Å²) in [5.41, 5.74) is 1.85. The normalized spacial score (nSPS) is 11.4. The minimum absolute atomic E-state index is 0. The lowest BCUT2D eigenvalue weighted by Gasteiger charge is -2.15. The molecule has 0 aliphatic heterocycles. The molecule has 7 nitrogen and oxygen atoms in total. The van der Waals surface area contributed by atoms with E-state index in [2.05, 4.69) is 15.7 Å². The van der Waals surface area contributed by atoms with Crippen LogP contribution < -0.4 is 20.1 Å². The topological polar surface area (TPSA) is 77.4 Å². The molecule has 0 saturated heterocycles. The maximum Gasteiger partial charge on any atom is 0.241 e. The molecule has 0 radical (unpaired) electrons. The highest BCUT2D eigenvalue weighted by Gasteiger charge is 2.19. The van der Waals surface area contributed by atoms with Crippen LogP contribution in [-0.4, -0.2) is 43.5 Å². The van der Waals surface area contributed by atoms with E-state index in [0.29, 0.717) is 13.0 Å². The molecule has 2 N–H and O–H groups in total. The predicted octanol–water partition coefficient (Wildman–Crippen LogP) is 1.48. The maximum atomic E-state index is 12.4. The van der Waals surface area contributed by atoms with Gasteiger partial charge in [0.15, 0.2) is 0 Å². The Hall–Kier alpha value is -2.25. The number of nitrogens with zero attached hydrogens (tertiary/aromatic N) is 2. The number of carbonyl (C=O) groups excluding carboxylic acids is 1. The van der Waals surface area contributed by atoms with Gasteiger partial charge in [0.2, 0.25) is 5.91 Å². The van der Waals surface area contributed by atoms with Gasteiger partial charge in [-0.15, -0.1) is 12.4 Å². The van der Waals surface area contributed by atoms with E-state index < -0.39 is 6.04 Å². The van der Waals surface area contributed by atoms with Crippen LogP contribution in [0, 0.1) is 0 Å². The van der Waals surface area contributed by atoms with Crippen molar-refractivity contribution >= 4 is 18.3 Å². The van der Waals surface area contributed by atoms with Gasteiger partial charge in [-0.05, 0) is 25.1 Å². The van der Waals surface area contributed by atoms with Crippen molar-refractivity contribution in [1.29, 1.82) is 0 Å². The maximum absolute atomic E-state index is 12.4. The minimum atomic E-state index is -0.420. The molecule has 0 aliphatic carbocycles. The highest BCUT2D eigenvalue weighted by Crippen LogP contribution is 2.24. The first kappa shape index (κ1) is 20.8. The van der Waals surface area contributed by atoms with Gasteiger partial charge in [-0.3, -0.25) is 9.48 Å². The number of hydrogen-bond donors (Lipinski definition) is 2. The molecule has 0 spiro atoms. The molecule has 2 aromatic rings. The first-order valence-electron chi connectivity index (χ1n) is 7.73. The summed E-state index contributed by atoms with van der Waals surface area (Å²) >= 11 is 0. The SMILES string of the molecule is CNC(C(=O)NCCc1ccc(OC)cc1OC)c1cnn(C)c1.Cl. The smallest absolute Gasteiger partial charge is 0.241 e. The number of methoxy groups -OCH3 is 2. The first-order chi connectivity index (χ1) is 11.6. The molecule has 0 fully saturated rings. The quantitative estimate of drug-likeness (QED) is 0.738. The third-order valence-electron chi connectivity index (χ3n) is 3.80. The summed E-state index contributed by atoms with van der Waals surface area (Å²) in [5.74, 6) is 1.41. The van der Waals surface area contributed by atoms with Crippen molar-refractivity contribution in [3.05, 3.63) is 41.7 Å². The molecule has 1 heterocycles. The highest BCUT2D eigenvalue weighted by atomic mass is 35.5. The monoisotopic (exact) mass is 368 g/mol. The second-order valence-corrected chi connectivity index (χ2v) is 5.39. The van der Waals surface area contributed by atoms with Crippen LogP contribution in [0.25, 0.3) is 0 Å². The van der Waals surface area contributed by atoms with E-state index in [1.54, 1.807) is 32.1 Å². The number of nitrogens with one attached hydrogen (secondary N) is 2. The average Bonchev–Trinajstić information content (AvgIpc) is 3.01. The molecule has 0 saturated carbocycles. The average molecular weight is 369 g/mol. The number of amides is 1. The van der Waals surface area contributed by atoms with Crippen LogP contribution in [0.3, 0.4) is 0 Å². The molecule has 1 unspecified atom stereocenters. The van der Waals surface area contributed by atoms with Gasteiger partial charge in [0.25, 0.3) is 0 Å². The van der Waals surface area contributed by atoms with E-state index in [1.165, 1.54) is 0 Å². The molecule has 2 rings (SSSR count). The fourth-order valence-electron chi connectivity index (χ4n) is 2.52. The number of ether oxygens (including phenoxy) is 2. The molecule has 138 valence electrons. The molecule has 1 aromatic carbocycles. The van der Waals surface area contributed by atoms with E-state index in [-0.39, 0.29) is 18.3 Å². The molecule has 1 amide bonds. The lowest BCUT2D eigenvalue weighted by atomic mass is 10.1. The van der Waals surface area contributed by atoms with Gasteiger partial charge in [0.05, 0.1) is 20.4 Å². The van der Waals surface area contributed by atoms with E-state index in [4.69, 9.17) is 9.47 Å². The Morgan fingerprint density at radius 3 is 2.64 bits per heavy atom. The van der Waals surface area contributed by atoms with Crippen molar-refractivity contribution in [2.24, 2.45) is 7.05 Å². The Kier molecular flexibility index (Phi) is 8.24. The van der Waals surface area contributed by atoms with Crippen LogP contribution in [-0.2, 0) is 18.3 Å². The lowest BCUT2D eigenvalue weighted by Crippen LogP contribution is -2.36. The largest absolute Gasteiger partial charge is 0.497 e. The first-order valence-corrected chi connectivity index (χ1v) is 7.73. The summed E-state index contributed by atoms with van der Waals surface area (Å²) in [5, 5.41) is 10.1. The summed E-state index contributed by atoms with van der Waals surface area (Å²) in [6.45, 7) is 0.514. The molecule has 0 aliphatic rings. The second-order valence-electron chi connectivity index (χ2n) is 5.39. The Labute approximate surface area is 154 Å². The van der Waals surface area contributed by atoms with Crippen LogP contribution in [0.4, 0.5) is 0 Å². The van der Waals surface area contributed by atoms with Crippen molar-refractivity contribution in [1.82, 2.24) is 20.4 Å². The molecule has 1 aromatic heterocycles. The van der Waals surface area contributed by atoms with Crippen molar-refractivity contribution < 1.29 is 14.3 Å². The third-order valence-corrected chi connectivity index (χ3v) is 3.80. The van der Waals surface area contributed by atoms with E-state index in [1.807, 2.05) is 31.4 Å². The lowest BCUT2D eigenvalue weighted by molar-refractivity contribution is -0.123. The number of benzene rings is 1. The molecule has 1 atom stereocenters. The summed E-state index contributed by atoms with van der Waals surface area (Å²) in [6, 6.07) is 5.24. The molecular formula is C17H25ClN4O3. The fourth-order valence-corrected chi connectivity index (χ4v) is 2.52. The Morgan fingerprint density at radius 1 is 1.32 bits per heavy atom. The molecular weight excluding hydrogens is 344 g/mol. The zero-order valence-corrected chi connectivity index (χ0v) is 15.7. The van der Waals surface area contributed by atoms with Gasteiger partial charge in [-0.1, -0.05) is 6.07 Å². The fraction of sp³-hybridized carbons (Fsp3) is 0.412. The Bertz CT molecular complexity index is 690. The number of halogens is 1. The van der Waals surface area contributed by atoms with Gasteiger partial charge in [0.1, 0.15) is 17.5 Å². The highest BCUT2D eigenvalue weighted by molar-refractivity contribution is 5.85. The van der Waals surface area contributed by atoms with Crippen molar-refractivity contribution in [3.8, 4) is 11.5 Å². The summed E-state index contributed by atoms with van der Waals surface area (Å²) in [4.78, 5) is 12.4. The van der Waals surface area contributed by atoms with Crippen LogP contribution in [0.1, 0.15) is 17.2 Å². The number of likely N-dealkylation sites (N-methyl/N-ethyl adjacent to an activating group) is 1. The zero-order chi connectivity index (χ0) is 17.5. The van der Waals surface area contributed by atoms with Gasteiger partial charge in [-0.2, -0.15) is 5.10 Å². The standard InChI is InChI=1S/C17H24N4O3.ClH/c1-18-16(13-10-20-21(2)11-13)17(22)19-8-7-12-5-6-14(23-3)9-15(12)24-4;/h5-6,9-11,16,18H,7-8H2,1-4H3,(H,19,22);1H. The number of aryl methyl sites for hydroxylation is 1. The van der Waals surface area contributed by atoms with Crippen molar-refractivity contribution in [3.63, 3.8) is 0 Å². The number of aromatic nitrogens is 2. The Morgan fingerprint density at radius 2 is 2.08 bits per heavy atom. The van der Waals surface area contributed by atoms with E-state index in [0.717, 1.165) is 22.6 Å². The number of hydrogen-bond acceptors (Lipinski definition) is 5. The molecule has 25 heavy (non-hydrogen) atoms. The van der Waals surface area contributed by atoms with Crippen LogP contribution in [0.5, 0.6) is 11.5 Å². The van der Waals surface area contributed by atoms with E-state index >= 15 is 0 Å². The summed E-state index contributed by atoms with van der Waals surface area (Å²) < 4.78 is 12.2. The summed E-state index contributed by atoms with van der Waals surface area (Å²) in [7, 11) is 6.81. The van der Waals surface area contributed by atoms with Crippen LogP contribution in [0.2, 0.25) is 0 Å². The zero-order valence-electron chi connectivity index (χ0n) is 14.9. The summed E-state index contributed by atoms with van der Waals surface area (Å²) in [6.07, 6.45) is 4.18. The van der Waals surface area contributed by atoms with Crippen molar-refractivity contribution in [2.45, 2.75) is 12.5 Å². The van der Waals surface area contributed by atoms with Crippen molar-refractivity contribution in [2.75, 3.05) is 27.8 Å². The van der Waals surface area contributed by atoms with Gasteiger partial charge in [0, 0.05) is 31.4 Å². The van der Waals surface area contributed by atoms with Gasteiger partial charge >= 0.3 is 0 Å². The number of rotatable bonds is 8. The molecule has 8 heteroatoms. The minimum Gasteiger partial charge on any atom is -0.497 e. The Balaban J connectivity index is 0.00000312. The predicted molar refractivity (Wildman–Crippen MR) is 98.5 cm³/mol. The molecule has 0 bridgehead atoms. The van der Waals surface area contributed by atoms with Gasteiger partial charge in [-0.25, -0.2) is 0 Å². The number of carbonyl (C=O) groups is 1. The second kappa shape index (κ2) is 9.90. The third kappa shape index (κ3) is 5.37. The van der Waals surface area contributed by atoms with E-state index in [9.17, 15) is 4.79 Å².